The molecule has 0 amide bonds. The summed E-state index contributed by atoms with van der Waals surface area (Å²) >= 11 is 0. The van der Waals surface area contributed by atoms with Crippen LogP contribution in [0, 0.1) is 15.5 Å². The summed E-state index contributed by atoms with van der Waals surface area (Å²) in [6.07, 6.45) is 0. The molecular weight excluding hydrogens is 232 g/mol. The molecule has 0 saturated carbocycles. The molecule has 0 N–H and O–H groups in total. The first kappa shape index (κ1) is 16.3. The second-order valence-electron chi connectivity index (χ2n) is 5.31. The van der Waals surface area contributed by atoms with Crippen LogP contribution in [0.2, 0.25) is 0 Å². The van der Waals surface area contributed by atoms with E-state index in [-0.39, 0.29) is 16.9 Å². The van der Waals surface area contributed by atoms with E-state index < -0.39 is 4.92 Å². The highest BCUT2D eigenvalue weighted by atomic mass is 16.6. The first-order valence-electron chi connectivity index (χ1n) is 5.64. The minimum Gasteiger partial charge on any atom is -0.353 e. The topological polar surface area (TPSA) is 71.1 Å². The molecule has 0 radical (unpaired) electrons. The third-order valence-corrected chi connectivity index (χ3v) is 2.30. The number of allylic oxidation sites excluding steroid dienone is 1. The molecule has 0 bridgehead atoms. The van der Waals surface area contributed by atoms with Gasteiger partial charge in [-0.25, -0.2) is 4.99 Å². The Morgan fingerprint density at radius 3 is 2.22 bits per heavy atom. The monoisotopic (exact) mass is 254 g/mol. The van der Waals surface area contributed by atoms with Crippen molar-refractivity contribution in [2.24, 2.45) is 15.4 Å². The molecule has 0 saturated heterocycles. The van der Waals surface area contributed by atoms with Crippen LogP contribution in [-0.2, 0) is 0 Å². The van der Waals surface area contributed by atoms with Crippen LogP contribution in [0.4, 0.5) is 0 Å². The Bertz CT molecular complexity index is 391. The molecule has 18 heavy (non-hydrogen) atoms. The largest absolute Gasteiger partial charge is 0.353 e. The zero-order valence-electron chi connectivity index (χ0n) is 12.0. The molecule has 0 aliphatic heterocycles. The van der Waals surface area contributed by atoms with Gasteiger partial charge >= 0.3 is 5.70 Å². The van der Waals surface area contributed by atoms with Gasteiger partial charge in [-0.1, -0.05) is 20.8 Å². The van der Waals surface area contributed by atoms with Crippen molar-refractivity contribution in [3.05, 3.63) is 21.6 Å². The van der Waals surface area contributed by atoms with Crippen molar-refractivity contribution in [1.82, 2.24) is 4.90 Å². The fourth-order valence-electron chi connectivity index (χ4n) is 1.64. The van der Waals surface area contributed by atoms with E-state index >= 15 is 0 Å². The molecule has 0 aliphatic carbocycles. The van der Waals surface area contributed by atoms with Crippen LogP contribution in [0.1, 0.15) is 27.7 Å². The maximum Gasteiger partial charge on any atom is 0.331 e. The molecular formula is C12H22N4O2. The molecule has 0 aromatic heterocycles. The molecule has 0 unspecified atom stereocenters. The minimum absolute atomic E-state index is 0.00363. The highest BCUT2D eigenvalue weighted by Crippen LogP contribution is 2.20. The van der Waals surface area contributed by atoms with Gasteiger partial charge in [-0.2, -0.15) is 0 Å². The second-order valence-corrected chi connectivity index (χ2v) is 5.31. The van der Waals surface area contributed by atoms with Crippen LogP contribution >= 0.6 is 0 Å². The maximum atomic E-state index is 11.1. The molecule has 0 aromatic carbocycles. The van der Waals surface area contributed by atoms with Crippen molar-refractivity contribution in [2.75, 3.05) is 20.6 Å². The van der Waals surface area contributed by atoms with E-state index in [4.69, 9.17) is 0 Å². The van der Waals surface area contributed by atoms with Gasteiger partial charge in [0.05, 0.1) is 4.92 Å². The molecule has 0 fully saturated rings. The normalized spacial score (nSPS) is 14.0. The number of nitrogens with zero attached hydrogens (tertiary/aromatic N) is 4. The Labute approximate surface area is 108 Å². The van der Waals surface area contributed by atoms with Gasteiger partial charge in [-0.05, 0) is 19.1 Å². The number of rotatable bonds is 5. The Hall–Kier alpha value is -1.72. The van der Waals surface area contributed by atoms with Gasteiger partial charge in [0.1, 0.15) is 5.71 Å². The molecule has 0 spiro atoms. The van der Waals surface area contributed by atoms with Crippen molar-refractivity contribution < 1.29 is 4.92 Å². The van der Waals surface area contributed by atoms with Gasteiger partial charge in [0.15, 0.2) is 0 Å². The average molecular weight is 254 g/mol. The predicted octanol–water partition coefficient (Wildman–Crippen LogP) is 2.20. The minimum atomic E-state index is -0.467. The second kappa shape index (κ2) is 6.28. The van der Waals surface area contributed by atoms with Crippen LogP contribution in [0.15, 0.2) is 21.5 Å². The molecule has 0 aliphatic rings. The van der Waals surface area contributed by atoms with Crippen molar-refractivity contribution in [3.8, 4) is 0 Å². The van der Waals surface area contributed by atoms with Crippen LogP contribution in [0.25, 0.3) is 0 Å². The third kappa shape index (κ3) is 4.65. The Balaban J connectivity index is 5.60. The van der Waals surface area contributed by atoms with E-state index in [0.717, 1.165) is 0 Å². The molecule has 102 valence electrons. The summed E-state index contributed by atoms with van der Waals surface area (Å²) < 4.78 is 0. The molecule has 0 atom stereocenters. The zero-order chi connectivity index (χ0) is 14.5. The number of nitro groups is 1. The lowest BCUT2D eigenvalue weighted by atomic mass is 9.96. The van der Waals surface area contributed by atoms with Crippen LogP contribution in [0.3, 0.4) is 0 Å². The van der Waals surface area contributed by atoms with Crippen molar-refractivity contribution in [2.45, 2.75) is 27.7 Å². The van der Waals surface area contributed by atoms with Gasteiger partial charge in [0.2, 0.25) is 5.82 Å². The number of hydrogen-bond donors (Lipinski definition) is 0. The van der Waals surface area contributed by atoms with Gasteiger partial charge in [0.25, 0.3) is 0 Å². The summed E-state index contributed by atoms with van der Waals surface area (Å²) in [5, 5.41) is 11.1. The summed E-state index contributed by atoms with van der Waals surface area (Å²) in [7, 11) is 3.28. The quantitative estimate of drug-likeness (QED) is 0.429. The van der Waals surface area contributed by atoms with Gasteiger partial charge in [0, 0.05) is 20.6 Å². The lowest BCUT2D eigenvalue weighted by molar-refractivity contribution is -0.417. The molecule has 6 heteroatoms. The lowest BCUT2D eigenvalue weighted by Gasteiger charge is -2.27. The first-order valence-corrected chi connectivity index (χ1v) is 5.64. The average Bonchev–Trinajstić information content (AvgIpc) is 2.21. The molecule has 0 heterocycles. The van der Waals surface area contributed by atoms with E-state index in [9.17, 15) is 10.1 Å². The summed E-state index contributed by atoms with van der Waals surface area (Å²) in [6, 6.07) is 0. The summed E-state index contributed by atoms with van der Waals surface area (Å²) in [5.41, 5.74) is 0.242. The van der Waals surface area contributed by atoms with Gasteiger partial charge in [-0.15, -0.1) is 0 Å². The smallest absolute Gasteiger partial charge is 0.331 e. The fourth-order valence-corrected chi connectivity index (χ4v) is 1.64. The van der Waals surface area contributed by atoms with Gasteiger partial charge in [-0.3, -0.25) is 15.1 Å². The lowest BCUT2D eigenvalue weighted by Crippen LogP contribution is -2.31. The third-order valence-electron chi connectivity index (χ3n) is 2.30. The maximum absolute atomic E-state index is 11.1. The zero-order valence-corrected chi connectivity index (χ0v) is 12.0. The van der Waals surface area contributed by atoms with Crippen LogP contribution < -0.4 is 0 Å². The molecule has 6 nitrogen and oxygen atoms in total. The van der Waals surface area contributed by atoms with E-state index in [2.05, 4.69) is 37.5 Å². The number of hydrogen-bond acceptors (Lipinski definition) is 5. The molecule has 0 rings (SSSR count). The van der Waals surface area contributed by atoms with E-state index in [0.29, 0.717) is 12.3 Å². The van der Waals surface area contributed by atoms with Crippen molar-refractivity contribution in [3.63, 3.8) is 0 Å². The standard InChI is InChI=1S/C12H22N4O2/c1-9(13-5)10(16(17)18)11(14-6)15(7)8-12(2,3)4/h6,8H2,1-5,7H3/b11-10-,13-9?. The SMILES string of the molecule is C=N/C(=C(\C(C)=NC)[N+](=O)[O-])N(C)CC(C)(C)C. The predicted molar refractivity (Wildman–Crippen MR) is 74.7 cm³/mol. The number of aliphatic imine (C=N–C) groups is 2. The summed E-state index contributed by atoms with van der Waals surface area (Å²) in [5.74, 6) is 0.248. The molecule has 0 aromatic rings. The summed E-state index contributed by atoms with van der Waals surface area (Å²) in [6.45, 7) is 11.8. The van der Waals surface area contributed by atoms with E-state index in [1.807, 2.05) is 0 Å². The van der Waals surface area contributed by atoms with Crippen LogP contribution in [-0.4, -0.2) is 42.9 Å². The van der Waals surface area contributed by atoms with Crippen LogP contribution in [0.5, 0.6) is 0 Å². The highest BCUT2D eigenvalue weighted by Gasteiger charge is 2.26. The first-order chi connectivity index (χ1) is 8.14. The highest BCUT2D eigenvalue weighted by molar-refractivity contribution is 5.96. The summed E-state index contributed by atoms with van der Waals surface area (Å²) in [4.78, 5) is 20.0. The van der Waals surface area contributed by atoms with Gasteiger partial charge < -0.3 is 4.90 Å². The van der Waals surface area contributed by atoms with Crippen molar-refractivity contribution in [1.29, 1.82) is 0 Å². The Kier molecular flexibility index (Phi) is 5.68. The Morgan fingerprint density at radius 2 is 1.94 bits per heavy atom. The fraction of sp³-hybridized carbons (Fsp3) is 0.667. The Morgan fingerprint density at radius 1 is 1.44 bits per heavy atom. The van der Waals surface area contributed by atoms with E-state index in [1.165, 1.54) is 7.05 Å². The van der Waals surface area contributed by atoms with E-state index in [1.54, 1.807) is 18.9 Å². The van der Waals surface area contributed by atoms with Crippen molar-refractivity contribution >= 4 is 12.4 Å².